The van der Waals surface area contributed by atoms with Crippen LogP contribution in [0, 0.1) is 17.3 Å². The van der Waals surface area contributed by atoms with Gasteiger partial charge in [0.15, 0.2) is 0 Å². The minimum atomic E-state index is -0.602. The van der Waals surface area contributed by atoms with E-state index in [2.05, 4.69) is 6.92 Å². The molecule has 0 aromatic carbocycles. The van der Waals surface area contributed by atoms with Crippen molar-refractivity contribution in [2.45, 2.75) is 83.3 Å². The number of Topliss-reactive ketones (excluding diaryl/α,β-unsaturated/α-hetero) is 1. The quantitative estimate of drug-likeness (QED) is 0.423. The van der Waals surface area contributed by atoms with Gasteiger partial charge in [0.25, 0.3) is 0 Å². The maximum absolute atomic E-state index is 12.2. The van der Waals surface area contributed by atoms with Crippen molar-refractivity contribution in [2.24, 2.45) is 17.3 Å². The number of carbonyl (C=O) groups is 1. The van der Waals surface area contributed by atoms with Crippen LogP contribution < -0.4 is 0 Å². The highest BCUT2D eigenvalue weighted by Gasteiger charge is 2.41. The van der Waals surface area contributed by atoms with E-state index >= 15 is 0 Å². The van der Waals surface area contributed by atoms with E-state index in [9.17, 15) is 15.0 Å². The third-order valence-electron chi connectivity index (χ3n) is 6.13. The molecule has 0 saturated heterocycles. The zero-order valence-corrected chi connectivity index (χ0v) is 15.0. The second-order valence-corrected chi connectivity index (χ2v) is 8.04. The molecule has 0 radical (unpaired) electrons. The zero-order chi connectivity index (χ0) is 17.6. The van der Waals surface area contributed by atoms with Crippen molar-refractivity contribution in [2.75, 3.05) is 6.61 Å². The minimum absolute atomic E-state index is 0.0216. The highest BCUT2D eigenvalue weighted by Crippen LogP contribution is 2.44. The van der Waals surface area contributed by atoms with Gasteiger partial charge >= 0.3 is 0 Å². The van der Waals surface area contributed by atoms with Gasteiger partial charge in [-0.25, -0.2) is 0 Å². The third-order valence-corrected chi connectivity index (χ3v) is 6.13. The largest absolute Gasteiger partial charge is 0.396 e. The number of ketones is 1. The maximum Gasteiger partial charge on any atom is 0.139 e. The number of aliphatic hydroxyl groups excluding tert-OH is 3. The summed E-state index contributed by atoms with van der Waals surface area (Å²) in [7, 11) is 0. The fourth-order valence-corrected chi connectivity index (χ4v) is 4.09. The van der Waals surface area contributed by atoms with Crippen LogP contribution in [0.15, 0.2) is 12.2 Å². The summed E-state index contributed by atoms with van der Waals surface area (Å²) in [6.45, 7) is 2.35. The van der Waals surface area contributed by atoms with Crippen LogP contribution in [0.2, 0.25) is 0 Å². The predicted octanol–water partition coefficient (Wildman–Crippen LogP) is 2.99. The van der Waals surface area contributed by atoms with Crippen LogP contribution in [0.1, 0.15) is 71.1 Å². The van der Waals surface area contributed by atoms with Crippen LogP contribution in [0.4, 0.5) is 0 Å². The van der Waals surface area contributed by atoms with Gasteiger partial charge in [0.2, 0.25) is 0 Å². The van der Waals surface area contributed by atoms with Crippen molar-refractivity contribution in [3.63, 3.8) is 0 Å². The molecular weight excluding hydrogens is 304 g/mol. The van der Waals surface area contributed by atoms with Gasteiger partial charge in [-0.3, -0.25) is 4.79 Å². The monoisotopic (exact) mass is 338 g/mol. The summed E-state index contributed by atoms with van der Waals surface area (Å²) in [6.07, 6.45) is 12.0. The van der Waals surface area contributed by atoms with E-state index in [1.807, 2.05) is 12.2 Å². The Labute approximate surface area is 146 Å². The first-order chi connectivity index (χ1) is 11.5. The highest BCUT2D eigenvalue weighted by atomic mass is 16.3. The molecular formula is C20H34O4. The normalized spacial score (nSPS) is 30.7. The topological polar surface area (TPSA) is 77.8 Å². The Bertz CT molecular complexity index is 427. The van der Waals surface area contributed by atoms with E-state index in [0.717, 1.165) is 51.4 Å². The first-order valence-corrected chi connectivity index (χ1v) is 9.66. The van der Waals surface area contributed by atoms with Gasteiger partial charge in [-0.15, -0.1) is 0 Å². The molecule has 2 aliphatic carbocycles. The number of rotatable bonds is 10. The van der Waals surface area contributed by atoms with Crippen molar-refractivity contribution in [3.8, 4) is 0 Å². The summed E-state index contributed by atoms with van der Waals surface area (Å²) in [5.41, 5.74) is -0.0216. The van der Waals surface area contributed by atoms with Crippen LogP contribution in [0.25, 0.3) is 0 Å². The SMILES string of the molecule is CC1([C@@H](O)C=C[C@H]2[C@H](O)CC(=O)[C@@H]2CCCCCCCO)CCC1. The lowest BCUT2D eigenvalue weighted by Crippen LogP contribution is -2.37. The molecule has 0 unspecified atom stereocenters. The molecule has 4 nitrogen and oxygen atoms in total. The Balaban J connectivity index is 1.82. The maximum atomic E-state index is 12.2. The van der Waals surface area contributed by atoms with E-state index in [0.29, 0.717) is 0 Å². The van der Waals surface area contributed by atoms with Gasteiger partial charge in [0.1, 0.15) is 5.78 Å². The molecule has 3 N–H and O–H groups in total. The highest BCUT2D eigenvalue weighted by molar-refractivity contribution is 5.84. The molecule has 4 atom stereocenters. The molecule has 2 fully saturated rings. The molecule has 0 aromatic rings. The number of carbonyl (C=O) groups excluding carboxylic acids is 1. The van der Waals surface area contributed by atoms with Crippen LogP contribution >= 0.6 is 0 Å². The van der Waals surface area contributed by atoms with Crippen LogP contribution in [0.3, 0.4) is 0 Å². The predicted molar refractivity (Wildman–Crippen MR) is 94.5 cm³/mol. The van der Waals surface area contributed by atoms with Crippen LogP contribution in [0.5, 0.6) is 0 Å². The van der Waals surface area contributed by atoms with Gasteiger partial charge in [-0.1, -0.05) is 51.2 Å². The van der Waals surface area contributed by atoms with Gasteiger partial charge < -0.3 is 15.3 Å². The summed E-state index contributed by atoms with van der Waals surface area (Å²) in [5, 5.41) is 29.3. The lowest BCUT2D eigenvalue weighted by molar-refractivity contribution is -0.121. The Morgan fingerprint density at radius 3 is 2.50 bits per heavy atom. The molecule has 4 heteroatoms. The molecule has 0 spiro atoms. The first kappa shape index (κ1) is 19.6. The average Bonchev–Trinajstić information content (AvgIpc) is 2.79. The van der Waals surface area contributed by atoms with E-state index in [4.69, 9.17) is 5.11 Å². The van der Waals surface area contributed by atoms with Gasteiger partial charge in [0.05, 0.1) is 12.2 Å². The summed E-state index contributed by atoms with van der Waals surface area (Å²) in [5.74, 6) is -0.0828. The molecule has 0 amide bonds. The lowest BCUT2D eigenvalue weighted by Gasteiger charge is -2.41. The molecule has 2 saturated carbocycles. The van der Waals surface area contributed by atoms with E-state index in [1.165, 1.54) is 6.42 Å². The van der Waals surface area contributed by atoms with Crippen LogP contribution in [-0.4, -0.2) is 39.9 Å². The molecule has 0 aromatic heterocycles. The molecule has 138 valence electrons. The fraction of sp³-hybridized carbons (Fsp3) is 0.850. The first-order valence-electron chi connectivity index (χ1n) is 9.66. The Morgan fingerprint density at radius 1 is 1.21 bits per heavy atom. The Hall–Kier alpha value is -0.710. The van der Waals surface area contributed by atoms with Crippen molar-refractivity contribution >= 4 is 5.78 Å². The molecule has 2 aliphatic rings. The molecule has 0 aliphatic heterocycles. The summed E-state index contributed by atoms with van der Waals surface area (Å²) in [6, 6.07) is 0. The molecule has 24 heavy (non-hydrogen) atoms. The van der Waals surface area contributed by atoms with Gasteiger partial charge in [-0.05, 0) is 31.1 Å². The summed E-state index contributed by atoms with van der Waals surface area (Å²) in [4.78, 5) is 12.2. The number of aliphatic hydroxyl groups is 3. The smallest absolute Gasteiger partial charge is 0.139 e. The third kappa shape index (κ3) is 4.90. The number of unbranched alkanes of at least 4 members (excludes halogenated alkanes) is 4. The van der Waals surface area contributed by atoms with Gasteiger partial charge in [0, 0.05) is 24.9 Å². The molecule has 0 heterocycles. The average molecular weight is 338 g/mol. The second-order valence-electron chi connectivity index (χ2n) is 8.04. The van der Waals surface area contributed by atoms with Gasteiger partial charge in [-0.2, -0.15) is 0 Å². The van der Waals surface area contributed by atoms with Crippen molar-refractivity contribution in [1.82, 2.24) is 0 Å². The zero-order valence-electron chi connectivity index (χ0n) is 15.0. The molecule has 0 bridgehead atoms. The number of hydrogen-bond donors (Lipinski definition) is 3. The van der Waals surface area contributed by atoms with E-state index in [1.54, 1.807) is 0 Å². The fourth-order valence-electron chi connectivity index (χ4n) is 4.09. The summed E-state index contributed by atoms with van der Waals surface area (Å²) >= 11 is 0. The number of hydrogen-bond acceptors (Lipinski definition) is 4. The molecule has 2 rings (SSSR count). The lowest BCUT2D eigenvalue weighted by atomic mass is 9.66. The van der Waals surface area contributed by atoms with Crippen molar-refractivity contribution in [1.29, 1.82) is 0 Å². The van der Waals surface area contributed by atoms with Crippen molar-refractivity contribution in [3.05, 3.63) is 12.2 Å². The Morgan fingerprint density at radius 2 is 1.88 bits per heavy atom. The minimum Gasteiger partial charge on any atom is -0.396 e. The summed E-state index contributed by atoms with van der Waals surface area (Å²) < 4.78 is 0. The van der Waals surface area contributed by atoms with Crippen molar-refractivity contribution < 1.29 is 20.1 Å². The van der Waals surface area contributed by atoms with Crippen LogP contribution in [-0.2, 0) is 4.79 Å². The van der Waals surface area contributed by atoms with E-state index in [-0.39, 0.29) is 36.1 Å². The second kappa shape index (κ2) is 9.12. The standard InChI is InChI=1S/C20H34O4/c1-20(11-7-12-20)19(24)10-9-16-15(17(22)14-18(16)23)8-5-3-2-4-6-13-21/h9-10,15-16,18-19,21,23-24H,2-8,11-14H2,1H3/t15-,16-,18-,19+/m1/s1. The Kier molecular flexibility index (Phi) is 7.45. The van der Waals surface area contributed by atoms with E-state index < -0.39 is 12.2 Å².